The van der Waals surface area contributed by atoms with E-state index < -0.39 is 0 Å². The molecule has 0 saturated carbocycles. The number of urea groups is 1. The van der Waals surface area contributed by atoms with Gasteiger partial charge in [-0.15, -0.1) is 11.6 Å². The highest BCUT2D eigenvalue weighted by Gasteiger charge is 2.22. The predicted octanol–water partition coefficient (Wildman–Crippen LogP) is 2.12. The van der Waals surface area contributed by atoms with Gasteiger partial charge in [0.05, 0.1) is 29.9 Å². The number of halogens is 1. The first kappa shape index (κ1) is 16.4. The van der Waals surface area contributed by atoms with Crippen LogP contribution in [-0.4, -0.2) is 42.7 Å². The van der Waals surface area contributed by atoms with E-state index in [1.54, 1.807) is 24.2 Å². The number of carbonyl (C=O) groups excluding carboxylic acids is 1. The molecule has 0 unspecified atom stereocenters. The number of pyridine rings is 1. The van der Waals surface area contributed by atoms with Crippen LogP contribution in [-0.2, 0) is 5.88 Å². The molecule has 1 saturated heterocycles. The SMILES string of the molecule is CNC(=O)N1CCC(COc2cnc(CCl)cc2C#N)CC1. The van der Waals surface area contributed by atoms with Crippen LogP contribution in [0.4, 0.5) is 4.79 Å². The fourth-order valence-electron chi connectivity index (χ4n) is 2.43. The van der Waals surface area contributed by atoms with Crippen molar-refractivity contribution in [3.63, 3.8) is 0 Å². The first-order valence-electron chi connectivity index (χ1n) is 7.22. The van der Waals surface area contributed by atoms with Crippen molar-refractivity contribution in [1.82, 2.24) is 15.2 Å². The maximum absolute atomic E-state index is 11.5. The molecule has 2 rings (SSSR count). The van der Waals surface area contributed by atoms with Gasteiger partial charge < -0.3 is 15.0 Å². The van der Waals surface area contributed by atoms with Gasteiger partial charge >= 0.3 is 6.03 Å². The van der Waals surface area contributed by atoms with E-state index in [1.165, 1.54) is 0 Å². The minimum atomic E-state index is -0.0352. The Morgan fingerprint density at radius 2 is 2.32 bits per heavy atom. The summed E-state index contributed by atoms with van der Waals surface area (Å²) in [5.74, 6) is 1.14. The van der Waals surface area contributed by atoms with E-state index in [0.717, 1.165) is 25.9 Å². The molecule has 2 heterocycles. The first-order valence-corrected chi connectivity index (χ1v) is 7.75. The molecule has 1 N–H and O–H groups in total. The number of hydrogen-bond donors (Lipinski definition) is 1. The van der Waals surface area contributed by atoms with Gasteiger partial charge in [-0.1, -0.05) is 0 Å². The molecular formula is C15H19ClN4O2. The summed E-state index contributed by atoms with van der Waals surface area (Å²) < 4.78 is 5.74. The third kappa shape index (κ3) is 4.01. The Morgan fingerprint density at radius 3 is 2.91 bits per heavy atom. The van der Waals surface area contributed by atoms with Crippen LogP contribution in [0, 0.1) is 17.2 Å². The molecule has 0 aliphatic carbocycles. The number of alkyl halides is 1. The zero-order valence-electron chi connectivity index (χ0n) is 12.5. The average Bonchev–Trinajstić information content (AvgIpc) is 2.59. The molecule has 1 aliphatic rings. The van der Waals surface area contributed by atoms with E-state index in [-0.39, 0.29) is 11.9 Å². The molecule has 22 heavy (non-hydrogen) atoms. The fourth-order valence-corrected chi connectivity index (χ4v) is 2.58. The number of nitrogens with one attached hydrogen (secondary N) is 1. The van der Waals surface area contributed by atoms with E-state index in [1.807, 2.05) is 0 Å². The maximum Gasteiger partial charge on any atom is 0.317 e. The molecule has 7 heteroatoms. The molecule has 118 valence electrons. The van der Waals surface area contributed by atoms with Crippen LogP contribution >= 0.6 is 11.6 Å². The summed E-state index contributed by atoms with van der Waals surface area (Å²) in [6.45, 7) is 1.97. The van der Waals surface area contributed by atoms with Crippen LogP contribution < -0.4 is 10.1 Å². The minimum Gasteiger partial charge on any atom is -0.490 e. The lowest BCUT2D eigenvalue weighted by Gasteiger charge is -2.31. The van der Waals surface area contributed by atoms with E-state index in [2.05, 4.69) is 16.4 Å². The number of nitriles is 1. The molecule has 1 aliphatic heterocycles. The van der Waals surface area contributed by atoms with Gasteiger partial charge in [-0.2, -0.15) is 5.26 Å². The van der Waals surface area contributed by atoms with Crippen LogP contribution in [0.25, 0.3) is 0 Å². The van der Waals surface area contributed by atoms with E-state index in [4.69, 9.17) is 21.6 Å². The van der Waals surface area contributed by atoms with Crippen LogP contribution in [0.5, 0.6) is 5.75 Å². The average molecular weight is 323 g/mol. The van der Waals surface area contributed by atoms with Crippen molar-refractivity contribution in [1.29, 1.82) is 5.26 Å². The Morgan fingerprint density at radius 1 is 1.59 bits per heavy atom. The second-order valence-corrected chi connectivity index (χ2v) is 5.48. The Bertz CT molecular complexity index is 565. The van der Waals surface area contributed by atoms with E-state index in [0.29, 0.717) is 29.5 Å². The minimum absolute atomic E-state index is 0.0352. The number of likely N-dealkylation sites (tertiary alicyclic amines) is 1. The van der Waals surface area contributed by atoms with Crippen molar-refractivity contribution in [3.8, 4) is 11.8 Å². The first-order chi connectivity index (χ1) is 10.7. The number of rotatable bonds is 4. The lowest BCUT2D eigenvalue weighted by Crippen LogP contribution is -2.43. The Balaban J connectivity index is 1.87. The quantitative estimate of drug-likeness (QED) is 0.861. The number of piperidine rings is 1. The molecule has 2 amide bonds. The van der Waals surface area contributed by atoms with Gasteiger partial charge in [0.15, 0.2) is 5.75 Å². The van der Waals surface area contributed by atoms with E-state index >= 15 is 0 Å². The van der Waals surface area contributed by atoms with Gasteiger partial charge in [0.25, 0.3) is 0 Å². The second-order valence-electron chi connectivity index (χ2n) is 5.21. The summed E-state index contributed by atoms with van der Waals surface area (Å²) in [7, 11) is 1.64. The van der Waals surface area contributed by atoms with Crippen molar-refractivity contribution in [2.75, 3.05) is 26.7 Å². The van der Waals surface area contributed by atoms with Gasteiger partial charge in [-0.05, 0) is 24.8 Å². The lowest BCUT2D eigenvalue weighted by molar-refractivity contribution is 0.146. The zero-order chi connectivity index (χ0) is 15.9. The normalized spacial score (nSPS) is 15.2. The second kappa shape index (κ2) is 7.85. The van der Waals surface area contributed by atoms with Gasteiger partial charge in [-0.25, -0.2) is 4.79 Å². The molecule has 0 bridgehead atoms. The van der Waals surface area contributed by atoms with Crippen molar-refractivity contribution in [2.24, 2.45) is 5.92 Å². The number of nitrogens with zero attached hydrogens (tertiary/aromatic N) is 3. The van der Waals surface area contributed by atoms with Crippen molar-refractivity contribution >= 4 is 17.6 Å². The molecule has 0 spiro atoms. The van der Waals surface area contributed by atoms with Gasteiger partial charge in [0.1, 0.15) is 6.07 Å². The highest BCUT2D eigenvalue weighted by atomic mass is 35.5. The number of ether oxygens (including phenoxy) is 1. The molecule has 0 atom stereocenters. The van der Waals surface area contributed by atoms with Gasteiger partial charge in [-0.3, -0.25) is 4.98 Å². The highest BCUT2D eigenvalue weighted by Crippen LogP contribution is 2.22. The number of hydrogen-bond acceptors (Lipinski definition) is 4. The third-order valence-corrected chi connectivity index (χ3v) is 4.05. The molecular weight excluding hydrogens is 304 g/mol. The smallest absolute Gasteiger partial charge is 0.317 e. The number of carbonyl (C=O) groups is 1. The third-order valence-electron chi connectivity index (χ3n) is 3.77. The maximum atomic E-state index is 11.5. The zero-order valence-corrected chi connectivity index (χ0v) is 13.3. The summed E-state index contributed by atoms with van der Waals surface area (Å²) in [6.07, 6.45) is 3.33. The predicted molar refractivity (Wildman–Crippen MR) is 82.8 cm³/mol. The fraction of sp³-hybridized carbons (Fsp3) is 0.533. The van der Waals surface area contributed by atoms with Gasteiger partial charge in [0.2, 0.25) is 0 Å². The summed E-state index contributed by atoms with van der Waals surface area (Å²) in [5, 5.41) is 11.8. The van der Waals surface area contributed by atoms with Crippen molar-refractivity contribution in [2.45, 2.75) is 18.7 Å². The standard InChI is InChI=1S/C15H19ClN4O2/c1-18-15(21)20-4-2-11(3-5-20)10-22-14-9-19-13(7-16)6-12(14)8-17/h6,9,11H,2-5,7,10H2,1H3,(H,18,21). The monoisotopic (exact) mass is 322 g/mol. The Kier molecular flexibility index (Phi) is 5.84. The largest absolute Gasteiger partial charge is 0.490 e. The summed E-state index contributed by atoms with van der Waals surface area (Å²) in [6, 6.07) is 3.72. The van der Waals surface area contributed by atoms with Crippen LogP contribution in [0.15, 0.2) is 12.3 Å². The number of aromatic nitrogens is 1. The molecule has 1 fully saturated rings. The Hall–Kier alpha value is -2.00. The summed E-state index contributed by atoms with van der Waals surface area (Å²) in [4.78, 5) is 17.5. The van der Waals surface area contributed by atoms with Crippen molar-refractivity contribution in [3.05, 3.63) is 23.5 Å². The molecule has 6 nitrogen and oxygen atoms in total. The Labute approximate surface area is 135 Å². The van der Waals surface area contributed by atoms with Crippen LogP contribution in [0.2, 0.25) is 0 Å². The number of amides is 2. The molecule has 1 aromatic rings. The topological polar surface area (TPSA) is 78.2 Å². The molecule has 0 aromatic carbocycles. The van der Waals surface area contributed by atoms with Crippen LogP contribution in [0.1, 0.15) is 24.1 Å². The highest BCUT2D eigenvalue weighted by molar-refractivity contribution is 6.16. The summed E-state index contributed by atoms with van der Waals surface area (Å²) in [5.41, 5.74) is 1.11. The van der Waals surface area contributed by atoms with Gasteiger partial charge in [0, 0.05) is 20.1 Å². The van der Waals surface area contributed by atoms with Crippen molar-refractivity contribution < 1.29 is 9.53 Å². The summed E-state index contributed by atoms with van der Waals surface area (Å²) >= 11 is 5.71. The lowest BCUT2D eigenvalue weighted by atomic mass is 9.98. The molecule has 0 radical (unpaired) electrons. The van der Waals surface area contributed by atoms with E-state index in [9.17, 15) is 4.79 Å². The molecule has 1 aromatic heterocycles. The van der Waals surface area contributed by atoms with Crippen LogP contribution in [0.3, 0.4) is 0 Å².